The maximum Gasteiger partial charge on any atom is 0.138 e. The summed E-state index contributed by atoms with van der Waals surface area (Å²) in [5, 5.41) is 6.38. The molecule has 0 atom stereocenters. The molecule has 0 saturated carbocycles. The van der Waals surface area contributed by atoms with E-state index in [1.807, 2.05) is 36.4 Å². The standard InChI is InChI=1S/C33H28N4/c34-29-22-28-31(21-24-13-5-1-6-14-24)36-37(32(28)23-30(29)35)33(25-15-7-2-8-16-25,26-17-9-3-10-18-26)27-19-11-4-12-20-27/h1-20,22-23H,21,34-35H2. The third kappa shape index (κ3) is 3.83. The normalized spacial score (nSPS) is 11.6. The van der Waals surface area contributed by atoms with Crippen LogP contribution in [0.4, 0.5) is 11.4 Å². The first-order valence-corrected chi connectivity index (χ1v) is 12.5. The molecule has 0 saturated heterocycles. The SMILES string of the molecule is Nc1cc2c(Cc3ccccc3)nn(C(c3ccccc3)(c3ccccc3)c3ccccc3)c2cc1N. The molecule has 1 heterocycles. The Morgan fingerprint density at radius 3 is 1.49 bits per heavy atom. The molecule has 0 aliphatic rings. The Morgan fingerprint density at radius 2 is 1.00 bits per heavy atom. The van der Waals surface area contributed by atoms with E-state index in [1.165, 1.54) is 5.56 Å². The Labute approximate surface area is 216 Å². The first kappa shape index (κ1) is 22.6. The minimum atomic E-state index is -0.737. The van der Waals surface area contributed by atoms with Crippen LogP contribution in [-0.4, -0.2) is 9.78 Å². The number of nitrogens with zero attached hydrogens (tertiary/aromatic N) is 2. The second-order valence-electron chi connectivity index (χ2n) is 9.33. The maximum atomic E-state index is 6.41. The molecule has 5 aromatic carbocycles. The molecule has 0 spiro atoms. The number of hydrogen-bond donors (Lipinski definition) is 2. The smallest absolute Gasteiger partial charge is 0.138 e. The van der Waals surface area contributed by atoms with E-state index in [4.69, 9.17) is 16.6 Å². The van der Waals surface area contributed by atoms with Gasteiger partial charge in [-0.05, 0) is 34.4 Å². The summed E-state index contributed by atoms with van der Waals surface area (Å²) >= 11 is 0. The van der Waals surface area contributed by atoms with Gasteiger partial charge in [-0.2, -0.15) is 5.10 Å². The molecule has 0 radical (unpaired) electrons. The molecule has 0 amide bonds. The van der Waals surface area contributed by atoms with E-state index >= 15 is 0 Å². The van der Waals surface area contributed by atoms with Crippen LogP contribution in [0.25, 0.3) is 10.9 Å². The van der Waals surface area contributed by atoms with Crippen LogP contribution in [0.5, 0.6) is 0 Å². The van der Waals surface area contributed by atoms with Crippen molar-refractivity contribution < 1.29 is 0 Å². The molecule has 37 heavy (non-hydrogen) atoms. The lowest BCUT2D eigenvalue weighted by Crippen LogP contribution is -2.38. The van der Waals surface area contributed by atoms with Crippen molar-refractivity contribution in [3.63, 3.8) is 0 Å². The second kappa shape index (κ2) is 9.32. The number of hydrogen-bond acceptors (Lipinski definition) is 3. The van der Waals surface area contributed by atoms with E-state index in [1.54, 1.807) is 0 Å². The summed E-state index contributed by atoms with van der Waals surface area (Å²) in [6, 6.07) is 46.0. The summed E-state index contributed by atoms with van der Waals surface area (Å²) in [6.45, 7) is 0. The fourth-order valence-electron chi connectivity index (χ4n) is 5.34. The molecule has 0 aliphatic carbocycles. The van der Waals surface area contributed by atoms with Gasteiger partial charge in [-0.25, -0.2) is 4.68 Å². The van der Waals surface area contributed by atoms with E-state index in [0.29, 0.717) is 17.8 Å². The van der Waals surface area contributed by atoms with E-state index in [9.17, 15) is 0 Å². The van der Waals surface area contributed by atoms with Gasteiger partial charge in [0, 0.05) is 11.8 Å². The monoisotopic (exact) mass is 480 g/mol. The van der Waals surface area contributed by atoms with Gasteiger partial charge in [0.2, 0.25) is 0 Å². The lowest BCUT2D eigenvalue weighted by molar-refractivity contribution is 0.472. The van der Waals surface area contributed by atoms with Crippen LogP contribution in [0.2, 0.25) is 0 Å². The van der Waals surface area contributed by atoms with E-state index < -0.39 is 5.54 Å². The molecule has 4 heteroatoms. The van der Waals surface area contributed by atoms with Gasteiger partial charge in [-0.1, -0.05) is 121 Å². The summed E-state index contributed by atoms with van der Waals surface area (Å²) in [5.41, 5.74) is 19.5. The summed E-state index contributed by atoms with van der Waals surface area (Å²) in [5.74, 6) is 0. The predicted molar refractivity (Wildman–Crippen MR) is 152 cm³/mol. The van der Waals surface area contributed by atoms with Crippen molar-refractivity contribution in [3.05, 3.63) is 161 Å². The summed E-state index contributed by atoms with van der Waals surface area (Å²) in [6.07, 6.45) is 0.683. The molecular weight excluding hydrogens is 452 g/mol. The van der Waals surface area contributed by atoms with Crippen molar-refractivity contribution in [2.24, 2.45) is 0 Å². The summed E-state index contributed by atoms with van der Waals surface area (Å²) in [4.78, 5) is 0. The van der Waals surface area contributed by atoms with Crippen molar-refractivity contribution >= 4 is 22.3 Å². The van der Waals surface area contributed by atoms with E-state index in [2.05, 4.69) is 102 Å². The molecule has 180 valence electrons. The summed E-state index contributed by atoms with van der Waals surface area (Å²) in [7, 11) is 0. The highest BCUT2D eigenvalue weighted by molar-refractivity contribution is 5.91. The molecule has 1 aromatic heterocycles. The Kier molecular flexibility index (Phi) is 5.70. The minimum absolute atomic E-state index is 0.544. The zero-order chi connectivity index (χ0) is 25.2. The lowest BCUT2D eigenvalue weighted by Gasteiger charge is -2.37. The highest BCUT2D eigenvalue weighted by atomic mass is 15.3. The predicted octanol–water partition coefficient (Wildman–Crippen LogP) is 6.63. The Bertz CT molecular complexity index is 1540. The fourth-order valence-corrected chi connectivity index (χ4v) is 5.34. The third-order valence-corrected chi connectivity index (χ3v) is 7.07. The van der Waals surface area contributed by atoms with Crippen LogP contribution in [0.3, 0.4) is 0 Å². The van der Waals surface area contributed by atoms with Crippen LogP contribution < -0.4 is 11.5 Å². The van der Waals surface area contributed by atoms with E-state index in [0.717, 1.165) is 33.3 Å². The molecule has 6 rings (SSSR count). The number of benzene rings is 5. The number of fused-ring (bicyclic) bond motifs is 1. The molecular formula is C33H28N4. The van der Waals surface area contributed by atoms with Crippen molar-refractivity contribution in [2.75, 3.05) is 11.5 Å². The van der Waals surface area contributed by atoms with Gasteiger partial charge in [0.25, 0.3) is 0 Å². The maximum absolute atomic E-state index is 6.41. The topological polar surface area (TPSA) is 69.9 Å². The second-order valence-corrected chi connectivity index (χ2v) is 9.33. The van der Waals surface area contributed by atoms with Gasteiger partial charge >= 0.3 is 0 Å². The first-order chi connectivity index (χ1) is 18.2. The minimum Gasteiger partial charge on any atom is -0.397 e. The molecule has 0 aliphatic heterocycles. The van der Waals surface area contributed by atoms with Crippen LogP contribution >= 0.6 is 0 Å². The molecule has 4 nitrogen and oxygen atoms in total. The van der Waals surface area contributed by atoms with Crippen LogP contribution in [-0.2, 0) is 12.0 Å². The van der Waals surface area contributed by atoms with Crippen molar-refractivity contribution in [3.8, 4) is 0 Å². The number of nitrogen functional groups attached to an aromatic ring is 2. The Balaban J connectivity index is 1.75. The molecule has 6 aromatic rings. The highest BCUT2D eigenvalue weighted by Gasteiger charge is 2.41. The highest BCUT2D eigenvalue weighted by Crippen LogP contribution is 2.43. The Morgan fingerprint density at radius 1 is 0.568 bits per heavy atom. The zero-order valence-electron chi connectivity index (χ0n) is 20.5. The number of aromatic nitrogens is 2. The van der Waals surface area contributed by atoms with Crippen molar-refractivity contribution in [2.45, 2.75) is 12.0 Å². The summed E-state index contributed by atoms with van der Waals surface area (Å²) < 4.78 is 2.15. The van der Waals surface area contributed by atoms with Crippen LogP contribution in [0.1, 0.15) is 27.9 Å². The number of rotatable bonds is 6. The average Bonchev–Trinajstić information content (AvgIpc) is 3.28. The first-order valence-electron chi connectivity index (χ1n) is 12.5. The van der Waals surface area contributed by atoms with Gasteiger partial charge in [-0.15, -0.1) is 0 Å². The van der Waals surface area contributed by atoms with Crippen molar-refractivity contribution in [1.82, 2.24) is 9.78 Å². The van der Waals surface area contributed by atoms with Crippen LogP contribution in [0, 0.1) is 0 Å². The van der Waals surface area contributed by atoms with Gasteiger partial charge in [0.05, 0.1) is 22.6 Å². The molecule has 0 bridgehead atoms. The lowest BCUT2D eigenvalue weighted by atomic mass is 9.77. The van der Waals surface area contributed by atoms with E-state index in [-0.39, 0.29) is 0 Å². The van der Waals surface area contributed by atoms with Crippen LogP contribution in [0.15, 0.2) is 133 Å². The average molecular weight is 481 g/mol. The number of nitrogens with two attached hydrogens (primary N) is 2. The zero-order valence-corrected chi connectivity index (χ0v) is 20.5. The van der Waals surface area contributed by atoms with Gasteiger partial charge in [0.1, 0.15) is 5.54 Å². The fraction of sp³-hybridized carbons (Fsp3) is 0.0606. The van der Waals surface area contributed by atoms with Gasteiger partial charge in [-0.3, -0.25) is 0 Å². The quantitative estimate of drug-likeness (QED) is 0.208. The molecule has 0 fully saturated rings. The molecule has 0 unspecified atom stereocenters. The Hall–Kier alpha value is -4.83. The van der Waals surface area contributed by atoms with Crippen molar-refractivity contribution in [1.29, 1.82) is 0 Å². The van der Waals surface area contributed by atoms with Gasteiger partial charge < -0.3 is 11.5 Å². The third-order valence-electron chi connectivity index (χ3n) is 7.07. The largest absolute Gasteiger partial charge is 0.397 e. The van der Waals surface area contributed by atoms with Gasteiger partial charge in [0.15, 0.2) is 0 Å². The molecule has 4 N–H and O–H groups in total. The number of anilines is 2.